The lowest BCUT2D eigenvalue weighted by Crippen LogP contribution is -2.12. The number of hydrogen-bond donors (Lipinski definition) is 1. The number of carbonyl (C=O) groups is 1. The molecule has 3 nitrogen and oxygen atoms in total. The zero-order valence-electron chi connectivity index (χ0n) is 12.9. The first-order chi connectivity index (χ1) is 10.6. The van der Waals surface area contributed by atoms with Crippen LogP contribution in [0.1, 0.15) is 31.4 Å². The van der Waals surface area contributed by atoms with Crippen molar-refractivity contribution in [1.29, 1.82) is 0 Å². The van der Waals surface area contributed by atoms with Gasteiger partial charge in [-0.15, -0.1) is 0 Å². The van der Waals surface area contributed by atoms with Gasteiger partial charge in [0, 0.05) is 17.7 Å². The first kappa shape index (κ1) is 16.0. The molecule has 0 saturated carbocycles. The quantitative estimate of drug-likeness (QED) is 0.863. The van der Waals surface area contributed by atoms with Crippen LogP contribution < -0.4 is 10.1 Å². The second-order valence-corrected chi connectivity index (χ2v) is 4.97. The van der Waals surface area contributed by atoms with Gasteiger partial charge in [-0.3, -0.25) is 4.79 Å². The summed E-state index contributed by atoms with van der Waals surface area (Å²) in [5.74, 6) is -0.214. The molecule has 0 bridgehead atoms. The molecule has 0 aliphatic rings. The van der Waals surface area contributed by atoms with Crippen LogP contribution in [0, 0.1) is 5.82 Å². The Morgan fingerprint density at radius 2 is 1.95 bits per heavy atom. The van der Waals surface area contributed by atoms with Crippen LogP contribution in [0.4, 0.5) is 10.1 Å². The van der Waals surface area contributed by atoms with Gasteiger partial charge in [-0.1, -0.05) is 38.1 Å². The van der Waals surface area contributed by atoms with Crippen LogP contribution in [0.5, 0.6) is 5.75 Å². The molecular formula is C18H20FNO2. The molecule has 0 fully saturated rings. The standard InChI is InChI=1S/C18H20FNO2/c1-3-13-9-10-17(15(19)11-13)22-12-14-7-5-6-8-16(14)20-18(21)4-2/h5-11H,3-4,12H2,1-2H3,(H,20,21). The van der Waals surface area contributed by atoms with Crippen molar-refractivity contribution in [3.63, 3.8) is 0 Å². The van der Waals surface area contributed by atoms with Gasteiger partial charge in [-0.2, -0.15) is 0 Å². The fourth-order valence-electron chi connectivity index (χ4n) is 2.04. The second-order valence-electron chi connectivity index (χ2n) is 4.97. The van der Waals surface area contributed by atoms with E-state index >= 15 is 0 Å². The molecule has 0 aromatic heterocycles. The van der Waals surface area contributed by atoms with Gasteiger partial charge in [-0.05, 0) is 30.2 Å². The summed E-state index contributed by atoms with van der Waals surface area (Å²) in [7, 11) is 0. The van der Waals surface area contributed by atoms with Gasteiger partial charge in [0.2, 0.25) is 5.91 Å². The number of hydrogen-bond acceptors (Lipinski definition) is 2. The van der Waals surface area contributed by atoms with Crippen LogP contribution >= 0.6 is 0 Å². The molecule has 22 heavy (non-hydrogen) atoms. The highest BCUT2D eigenvalue weighted by Gasteiger charge is 2.08. The molecule has 1 N–H and O–H groups in total. The molecule has 0 aliphatic carbocycles. The highest BCUT2D eigenvalue weighted by Crippen LogP contribution is 2.22. The number of ether oxygens (including phenoxy) is 1. The van der Waals surface area contributed by atoms with E-state index in [0.29, 0.717) is 12.1 Å². The summed E-state index contributed by atoms with van der Waals surface area (Å²) in [4.78, 5) is 11.5. The summed E-state index contributed by atoms with van der Waals surface area (Å²) in [6, 6.07) is 12.3. The van der Waals surface area contributed by atoms with Crippen molar-refractivity contribution >= 4 is 11.6 Å². The minimum atomic E-state index is -0.366. The highest BCUT2D eigenvalue weighted by molar-refractivity contribution is 5.91. The number of para-hydroxylation sites is 1. The van der Waals surface area contributed by atoms with E-state index in [1.807, 2.05) is 37.3 Å². The summed E-state index contributed by atoms with van der Waals surface area (Å²) >= 11 is 0. The normalized spacial score (nSPS) is 10.3. The molecule has 2 aromatic carbocycles. The number of anilines is 1. The summed E-state index contributed by atoms with van der Waals surface area (Å²) < 4.78 is 19.5. The third-order valence-electron chi connectivity index (χ3n) is 3.40. The number of nitrogens with one attached hydrogen (secondary N) is 1. The Balaban J connectivity index is 2.10. The van der Waals surface area contributed by atoms with E-state index in [1.165, 1.54) is 6.07 Å². The van der Waals surface area contributed by atoms with Crippen LogP contribution in [-0.2, 0) is 17.8 Å². The molecule has 1 amide bonds. The molecule has 0 atom stereocenters. The minimum Gasteiger partial charge on any atom is -0.486 e. The number of amides is 1. The average Bonchev–Trinajstić information content (AvgIpc) is 2.54. The molecular weight excluding hydrogens is 281 g/mol. The molecule has 4 heteroatoms. The third-order valence-corrected chi connectivity index (χ3v) is 3.40. The van der Waals surface area contributed by atoms with Crippen molar-refractivity contribution in [1.82, 2.24) is 0 Å². The molecule has 0 unspecified atom stereocenters. The lowest BCUT2D eigenvalue weighted by molar-refractivity contribution is -0.115. The lowest BCUT2D eigenvalue weighted by atomic mass is 10.1. The van der Waals surface area contributed by atoms with Crippen molar-refractivity contribution in [2.24, 2.45) is 0 Å². The van der Waals surface area contributed by atoms with Crippen molar-refractivity contribution in [2.75, 3.05) is 5.32 Å². The van der Waals surface area contributed by atoms with E-state index in [-0.39, 0.29) is 24.1 Å². The zero-order valence-corrected chi connectivity index (χ0v) is 12.9. The number of rotatable bonds is 6. The Morgan fingerprint density at radius 1 is 1.18 bits per heavy atom. The Bertz CT molecular complexity index is 655. The maximum Gasteiger partial charge on any atom is 0.224 e. The molecule has 0 saturated heterocycles. The van der Waals surface area contributed by atoms with E-state index in [1.54, 1.807) is 13.0 Å². The van der Waals surface area contributed by atoms with E-state index in [4.69, 9.17) is 4.74 Å². The van der Waals surface area contributed by atoms with Crippen LogP contribution in [0.25, 0.3) is 0 Å². The van der Waals surface area contributed by atoms with E-state index in [2.05, 4.69) is 5.32 Å². The molecule has 0 radical (unpaired) electrons. The van der Waals surface area contributed by atoms with E-state index in [0.717, 1.165) is 17.5 Å². The van der Waals surface area contributed by atoms with Gasteiger partial charge in [0.05, 0.1) is 0 Å². The predicted molar refractivity (Wildman–Crippen MR) is 85.5 cm³/mol. The van der Waals surface area contributed by atoms with Crippen LogP contribution in [0.2, 0.25) is 0 Å². The van der Waals surface area contributed by atoms with Gasteiger partial charge in [0.15, 0.2) is 11.6 Å². The predicted octanol–water partition coefficient (Wildman–Crippen LogP) is 4.32. The van der Waals surface area contributed by atoms with E-state index < -0.39 is 0 Å². The molecule has 116 valence electrons. The van der Waals surface area contributed by atoms with Gasteiger partial charge in [0.1, 0.15) is 6.61 Å². The summed E-state index contributed by atoms with van der Waals surface area (Å²) in [5.41, 5.74) is 2.43. The topological polar surface area (TPSA) is 38.3 Å². The molecule has 2 rings (SSSR count). The van der Waals surface area contributed by atoms with E-state index in [9.17, 15) is 9.18 Å². The van der Waals surface area contributed by atoms with Crippen molar-refractivity contribution < 1.29 is 13.9 Å². The lowest BCUT2D eigenvalue weighted by Gasteiger charge is -2.12. The van der Waals surface area contributed by atoms with Gasteiger partial charge >= 0.3 is 0 Å². The molecule has 2 aromatic rings. The monoisotopic (exact) mass is 301 g/mol. The van der Waals surface area contributed by atoms with Crippen LogP contribution in [0.3, 0.4) is 0 Å². The maximum absolute atomic E-state index is 13.9. The summed E-state index contributed by atoms with van der Waals surface area (Å²) in [6.45, 7) is 3.96. The smallest absolute Gasteiger partial charge is 0.224 e. The maximum atomic E-state index is 13.9. The Kier molecular flexibility index (Phi) is 5.53. The molecule has 0 aliphatic heterocycles. The first-order valence-corrected chi connectivity index (χ1v) is 7.43. The van der Waals surface area contributed by atoms with Crippen LogP contribution in [0.15, 0.2) is 42.5 Å². The summed E-state index contributed by atoms with van der Waals surface area (Å²) in [6.07, 6.45) is 1.19. The van der Waals surface area contributed by atoms with Crippen LogP contribution in [-0.4, -0.2) is 5.91 Å². The fourth-order valence-corrected chi connectivity index (χ4v) is 2.04. The largest absolute Gasteiger partial charge is 0.486 e. The Labute approximate surface area is 130 Å². The molecule has 0 heterocycles. The fraction of sp³-hybridized carbons (Fsp3) is 0.278. The highest BCUT2D eigenvalue weighted by atomic mass is 19.1. The number of carbonyl (C=O) groups excluding carboxylic acids is 1. The number of halogens is 1. The average molecular weight is 301 g/mol. The number of aryl methyl sites for hydroxylation is 1. The third kappa shape index (κ3) is 4.07. The minimum absolute atomic E-state index is 0.0640. The number of benzene rings is 2. The zero-order chi connectivity index (χ0) is 15.9. The van der Waals surface area contributed by atoms with Gasteiger partial charge < -0.3 is 10.1 Å². The van der Waals surface area contributed by atoms with Gasteiger partial charge in [-0.25, -0.2) is 4.39 Å². The Morgan fingerprint density at radius 3 is 2.64 bits per heavy atom. The second kappa shape index (κ2) is 7.59. The molecule has 0 spiro atoms. The van der Waals surface area contributed by atoms with Crippen molar-refractivity contribution in [3.8, 4) is 5.75 Å². The van der Waals surface area contributed by atoms with Gasteiger partial charge in [0.25, 0.3) is 0 Å². The Hall–Kier alpha value is -2.36. The van der Waals surface area contributed by atoms with Crippen molar-refractivity contribution in [3.05, 3.63) is 59.4 Å². The van der Waals surface area contributed by atoms with Crippen molar-refractivity contribution in [2.45, 2.75) is 33.3 Å². The SMILES string of the molecule is CCC(=O)Nc1ccccc1COc1ccc(CC)cc1F. The first-order valence-electron chi connectivity index (χ1n) is 7.43. The summed E-state index contributed by atoms with van der Waals surface area (Å²) in [5, 5.41) is 2.82.